The van der Waals surface area contributed by atoms with Crippen molar-refractivity contribution in [3.63, 3.8) is 0 Å². The van der Waals surface area contributed by atoms with Crippen molar-refractivity contribution in [1.82, 2.24) is 4.98 Å². The lowest BCUT2D eigenvalue weighted by molar-refractivity contribution is 0.610. The fourth-order valence-electron chi connectivity index (χ4n) is 3.07. The van der Waals surface area contributed by atoms with Crippen LogP contribution in [0.4, 0.5) is 4.39 Å². The first-order valence-electron chi connectivity index (χ1n) is 9.63. The molecule has 2 N–H and O–H groups in total. The molecule has 0 radical (unpaired) electrons. The molecule has 1 atom stereocenters. The SMILES string of the molecule is C=CSc1ccccc1C(C)C(C=C(N)c1ccccn1)=NCc1ccccc1F. The number of rotatable bonds is 8. The number of aromatic nitrogens is 1. The number of hydrogen-bond donors (Lipinski definition) is 1. The van der Waals surface area contributed by atoms with Gasteiger partial charge in [-0.15, -0.1) is 0 Å². The molecule has 152 valence electrons. The lowest BCUT2D eigenvalue weighted by Gasteiger charge is -2.17. The van der Waals surface area contributed by atoms with Gasteiger partial charge in [-0.1, -0.05) is 67.7 Å². The Morgan fingerprint density at radius 3 is 2.60 bits per heavy atom. The van der Waals surface area contributed by atoms with Gasteiger partial charge < -0.3 is 5.73 Å². The summed E-state index contributed by atoms with van der Waals surface area (Å²) in [6, 6.07) is 20.4. The van der Waals surface area contributed by atoms with E-state index in [1.807, 2.05) is 42.5 Å². The van der Waals surface area contributed by atoms with Crippen LogP contribution in [0.15, 0.2) is 101 Å². The molecule has 0 saturated carbocycles. The Kier molecular flexibility index (Phi) is 7.57. The first-order valence-corrected chi connectivity index (χ1v) is 10.5. The third-order valence-corrected chi connectivity index (χ3v) is 5.49. The summed E-state index contributed by atoms with van der Waals surface area (Å²) in [6.45, 7) is 6.13. The topological polar surface area (TPSA) is 51.3 Å². The molecular weight excluding hydrogens is 393 g/mol. The number of thioether (sulfide) groups is 1. The van der Waals surface area contributed by atoms with Crippen molar-refractivity contribution in [3.05, 3.63) is 114 Å². The largest absolute Gasteiger partial charge is 0.397 e. The van der Waals surface area contributed by atoms with Gasteiger partial charge in [-0.3, -0.25) is 9.98 Å². The molecule has 0 bridgehead atoms. The van der Waals surface area contributed by atoms with E-state index in [1.165, 1.54) is 6.07 Å². The van der Waals surface area contributed by atoms with Crippen LogP contribution in [0.3, 0.4) is 0 Å². The number of aliphatic imine (C=N–C) groups is 1. The molecule has 3 rings (SSSR count). The molecular formula is C25H24FN3S. The Hall–Kier alpha value is -3.18. The van der Waals surface area contributed by atoms with Gasteiger partial charge in [-0.05, 0) is 41.3 Å². The molecule has 1 aromatic heterocycles. The fraction of sp³-hybridized carbons (Fsp3) is 0.120. The minimum absolute atomic E-state index is 0.0531. The van der Waals surface area contributed by atoms with Crippen molar-refractivity contribution in [2.75, 3.05) is 0 Å². The summed E-state index contributed by atoms with van der Waals surface area (Å²) < 4.78 is 14.1. The van der Waals surface area contributed by atoms with Crippen molar-refractivity contribution in [2.24, 2.45) is 10.7 Å². The Morgan fingerprint density at radius 2 is 1.87 bits per heavy atom. The number of nitrogens with zero attached hydrogens (tertiary/aromatic N) is 2. The van der Waals surface area contributed by atoms with E-state index in [9.17, 15) is 4.39 Å². The molecule has 1 unspecified atom stereocenters. The number of hydrogen-bond acceptors (Lipinski definition) is 4. The highest BCUT2D eigenvalue weighted by Crippen LogP contribution is 2.30. The van der Waals surface area contributed by atoms with Gasteiger partial charge in [0.15, 0.2) is 0 Å². The summed E-state index contributed by atoms with van der Waals surface area (Å²) >= 11 is 1.56. The Bertz CT molecular complexity index is 1060. The van der Waals surface area contributed by atoms with Gasteiger partial charge in [0.05, 0.1) is 17.9 Å². The first-order chi connectivity index (χ1) is 14.6. The predicted molar refractivity (Wildman–Crippen MR) is 125 cm³/mol. The first kappa shape index (κ1) is 21.5. The van der Waals surface area contributed by atoms with Crippen molar-refractivity contribution in [3.8, 4) is 0 Å². The highest BCUT2D eigenvalue weighted by molar-refractivity contribution is 8.02. The molecule has 0 fully saturated rings. The van der Waals surface area contributed by atoms with Gasteiger partial charge in [0.1, 0.15) is 5.82 Å². The normalized spacial score (nSPS) is 13.1. The monoisotopic (exact) mass is 417 g/mol. The number of nitrogens with two attached hydrogens (primary N) is 1. The van der Waals surface area contributed by atoms with Crippen LogP contribution in [0.2, 0.25) is 0 Å². The zero-order chi connectivity index (χ0) is 21.3. The average molecular weight is 418 g/mol. The maximum Gasteiger partial charge on any atom is 0.128 e. The number of benzene rings is 2. The highest BCUT2D eigenvalue weighted by atomic mass is 32.2. The molecule has 5 heteroatoms. The lowest BCUT2D eigenvalue weighted by Crippen LogP contribution is -2.12. The summed E-state index contributed by atoms with van der Waals surface area (Å²) in [4.78, 5) is 10.2. The minimum Gasteiger partial charge on any atom is -0.397 e. The van der Waals surface area contributed by atoms with Gasteiger partial charge >= 0.3 is 0 Å². The van der Waals surface area contributed by atoms with Crippen molar-refractivity contribution < 1.29 is 4.39 Å². The summed E-state index contributed by atoms with van der Waals surface area (Å²) in [6.07, 6.45) is 3.54. The molecule has 0 spiro atoms. The van der Waals surface area contributed by atoms with Crippen LogP contribution in [0.25, 0.3) is 5.70 Å². The summed E-state index contributed by atoms with van der Waals surface area (Å²) in [5.74, 6) is -0.319. The zero-order valence-electron chi connectivity index (χ0n) is 16.8. The lowest BCUT2D eigenvalue weighted by atomic mass is 9.94. The molecule has 2 aromatic carbocycles. The fourth-order valence-corrected chi connectivity index (χ4v) is 3.79. The van der Waals surface area contributed by atoms with E-state index >= 15 is 0 Å². The van der Waals surface area contributed by atoms with Gasteiger partial charge in [0, 0.05) is 28.3 Å². The summed E-state index contributed by atoms with van der Waals surface area (Å²) in [5.41, 5.74) is 9.94. The van der Waals surface area contributed by atoms with Crippen LogP contribution in [0.1, 0.15) is 29.7 Å². The quantitative estimate of drug-likeness (QED) is 0.351. The van der Waals surface area contributed by atoms with E-state index in [1.54, 1.807) is 35.5 Å². The van der Waals surface area contributed by atoms with Gasteiger partial charge in [0.2, 0.25) is 0 Å². The standard InChI is InChI=1S/C25H24FN3S/c1-3-30-25-14-7-5-11-20(25)18(2)24(16-22(27)23-13-8-9-15-28-23)29-17-19-10-4-6-12-21(19)26/h3-16,18H,1,17,27H2,2H3. The van der Waals surface area contributed by atoms with Gasteiger partial charge in [-0.25, -0.2) is 4.39 Å². The number of pyridine rings is 1. The molecule has 30 heavy (non-hydrogen) atoms. The number of allylic oxidation sites excluding steroid dienone is 1. The van der Waals surface area contributed by atoms with Gasteiger partial charge in [0.25, 0.3) is 0 Å². The third-order valence-electron chi connectivity index (χ3n) is 4.69. The van der Waals surface area contributed by atoms with Crippen LogP contribution in [0, 0.1) is 5.82 Å². The van der Waals surface area contributed by atoms with Crippen molar-refractivity contribution >= 4 is 23.2 Å². The van der Waals surface area contributed by atoms with E-state index in [0.717, 1.165) is 16.2 Å². The molecule has 0 saturated heterocycles. The molecule has 3 nitrogen and oxygen atoms in total. The van der Waals surface area contributed by atoms with Crippen molar-refractivity contribution in [2.45, 2.75) is 24.3 Å². The Labute approximate surface area is 181 Å². The third kappa shape index (κ3) is 5.45. The smallest absolute Gasteiger partial charge is 0.128 e. The van der Waals surface area contributed by atoms with Crippen LogP contribution in [0.5, 0.6) is 0 Å². The molecule has 0 aliphatic carbocycles. The highest BCUT2D eigenvalue weighted by Gasteiger charge is 2.16. The minimum atomic E-state index is -0.266. The van der Waals surface area contributed by atoms with Gasteiger partial charge in [-0.2, -0.15) is 0 Å². The molecule has 0 amide bonds. The van der Waals surface area contributed by atoms with E-state index < -0.39 is 0 Å². The van der Waals surface area contributed by atoms with E-state index in [-0.39, 0.29) is 18.3 Å². The van der Waals surface area contributed by atoms with Crippen LogP contribution in [-0.4, -0.2) is 10.7 Å². The summed E-state index contributed by atoms with van der Waals surface area (Å²) in [5, 5.41) is 1.81. The maximum absolute atomic E-state index is 14.1. The second kappa shape index (κ2) is 10.6. The average Bonchev–Trinajstić information content (AvgIpc) is 2.78. The maximum atomic E-state index is 14.1. The van der Waals surface area contributed by atoms with E-state index in [4.69, 9.17) is 10.7 Å². The number of halogens is 1. The van der Waals surface area contributed by atoms with Crippen LogP contribution < -0.4 is 5.73 Å². The molecule has 0 aliphatic heterocycles. The van der Waals surface area contributed by atoms with Crippen molar-refractivity contribution in [1.29, 1.82) is 0 Å². The van der Waals surface area contributed by atoms with E-state index in [2.05, 4.69) is 30.6 Å². The molecule has 0 aliphatic rings. The molecule has 3 aromatic rings. The van der Waals surface area contributed by atoms with E-state index in [0.29, 0.717) is 17.0 Å². The van der Waals surface area contributed by atoms with Crippen LogP contribution in [-0.2, 0) is 6.54 Å². The summed E-state index contributed by atoms with van der Waals surface area (Å²) in [7, 11) is 0. The molecule has 1 heterocycles. The Morgan fingerprint density at radius 1 is 1.13 bits per heavy atom. The van der Waals surface area contributed by atoms with Crippen LogP contribution >= 0.6 is 11.8 Å². The predicted octanol–water partition coefficient (Wildman–Crippen LogP) is 6.20. The zero-order valence-corrected chi connectivity index (χ0v) is 17.6. The second-order valence-electron chi connectivity index (χ2n) is 6.69. The second-order valence-corrected chi connectivity index (χ2v) is 7.70. The Balaban J connectivity index is 2.02.